The van der Waals surface area contributed by atoms with Crippen LogP contribution in [0.3, 0.4) is 0 Å². The fraction of sp³-hybridized carbons (Fsp3) is 0.333. The summed E-state index contributed by atoms with van der Waals surface area (Å²) in [5, 5.41) is 3.73. The minimum Gasteiger partial charge on any atom is -0.319 e. The Morgan fingerprint density at radius 2 is 1.95 bits per heavy atom. The first kappa shape index (κ1) is 14.1. The molecule has 0 aromatic heterocycles. The van der Waals surface area contributed by atoms with Gasteiger partial charge in [0, 0.05) is 11.0 Å². The molecule has 0 bridgehead atoms. The Labute approximate surface area is 109 Å². The molecule has 1 N–H and O–H groups in total. The highest BCUT2D eigenvalue weighted by Gasteiger charge is 2.39. The van der Waals surface area contributed by atoms with E-state index in [0.29, 0.717) is 6.54 Å². The molecular weight excluding hydrogens is 279 g/mol. The zero-order chi connectivity index (χ0) is 14.3. The second-order valence-corrected chi connectivity index (χ2v) is 5.98. The maximum Gasteiger partial charge on any atom is 0.417 e. The average molecular weight is 291 g/mol. The molecule has 0 spiro atoms. The van der Waals surface area contributed by atoms with Gasteiger partial charge in [0.25, 0.3) is 0 Å². The summed E-state index contributed by atoms with van der Waals surface area (Å²) >= 11 is 0. The SMILES string of the molecule is CNCCC1=CS(=O)(=O)c2cccc(C(F)(F)F)c21. The van der Waals surface area contributed by atoms with E-state index in [-0.39, 0.29) is 22.5 Å². The highest BCUT2D eigenvalue weighted by Crippen LogP contribution is 2.43. The van der Waals surface area contributed by atoms with Crippen LogP contribution in [-0.4, -0.2) is 22.0 Å². The number of alkyl halides is 3. The van der Waals surface area contributed by atoms with E-state index in [2.05, 4.69) is 5.32 Å². The van der Waals surface area contributed by atoms with Gasteiger partial charge < -0.3 is 5.32 Å². The first-order chi connectivity index (χ1) is 8.77. The molecule has 3 nitrogen and oxygen atoms in total. The first-order valence-corrected chi connectivity index (χ1v) is 7.13. The third-order valence-electron chi connectivity index (χ3n) is 2.90. The number of rotatable bonds is 3. The summed E-state index contributed by atoms with van der Waals surface area (Å²) in [6.45, 7) is 0.410. The van der Waals surface area contributed by atoms with Crippen molar-refractivity contribution in [3.63, 3.8) is 0 Å². The molecule has 104 valence electrons. The Bertz CT molecular complexity index is 633. The lowest BCUT2D eigenvalue weighted by Gasteiger charge is -2.13. The van der Waals surface area contributed by atoms with E-state index >= 15 is 0 Å². The second kappa shape index (κ2) is 4.64. The molecule has 1 aromatic carbocycles. The number of hydrogen-bond donors (Lipinski definition) is 1. The Kier molecular flexibility index (Phi) is 3.44. The summed E-state index contributed by atoms with van der Waals surface area (Å²) < 4.78 is 62.5. The van der Waals surface area contributed by atoms with E-state index in [9.17, 15) is 21.6 Å². The molecule has 0 radical (unpaired) electrons. The second-order valence-electron chi connectivity index (χ2n) is 4.22. The highest BCUT2D eigenvalue weighted by atomic mass is 32.2. The van der Waals surface area contributed by atoms with Crippen LogP contribution < -0.4 is 5.32 Å². The minimum absolute atomic E-state index is 0.203. The zero-order valence-corrected chi connectivity index (χ0v) is 10.9. The molecule has 1 aromatic rings. The molecule has 0 fully saturated rings. The molecule has 0 atom stereocenters. The van der Waals surface area contributed by atoms with E-state index in [1.54, 1.807) is 7.05 Å². The van der Waals surface area contributed by atoms with Gasteiger partial charge >= 0.3 is 6.18 Å². The third-order valence-corrected chi connectivity index (χ3v) is 4.45. The number of fused-ring (bicyclic) bond motifs is 1. The molecule has 0 aliphatic carbocycles. The molecule has 19 heavy (non-hydrogen) atoms. The van der Waals surface area contributed by atoms with Crippen LogP contribution in [0.5, 0.6) is 0 Å². The predicted octanol–water partition coefficient (Wildman–Crippen LogP) is 2.44. The zero-order valence-electron chi connectivity index (χ0n) is 10.1. The van der Waals surface area contributed by atoms with E-state index in [1.165, 1.54) is 6.07 Å². The maximum absolute atomic E-state index is 13.0. The van der Waals surface area contributed by atoms with Gasteiger partial charge in [-0.1, -0.05) is 6.07 Å². The van der Waals surface area contributed by atoms with Crippen LogP contribution >= 0.6 is 0 Å². The van der Waals surface area contributed by atoms with E-state index in [1.807, 2.05) is 0 Å². The summed E-state index contributed by atoms with van der Waals surface area (Å²) in [6.07, 6.45) is -4.33. The lowest BCUT2D eigenvalue weighted by atomic mass is 9.98. The maximum atomic E-state index is 13.0. The molecule has 0 saturated heterocycles. The molecule has 0 unspecified atom stereocenters. The van der Waals surface area contributed by atoms with E-state index < -0.39 is 21.6 Å². The molecule has 0 amide bonds. The van der Waals surface area contributed by atoms with Crippen molar-refractivity contribution in [2.75, 3.05) is 13.6 Å². The summed E-state index contributed by atoms with van der Waals surface area (Å²) in [5.41, 5.74) is -0.893. The monoisotopic (exact) mass is 291 g/mol. The van der Waals surface area contributed by atoms with Gasteiger partial charge in [0.2, 0.25) is 9.84 Å². The fourth-order valence-electron chi connectivity index (χ4n) is 2.09. The van der Waals surface area contributed by atoms with Crippen molar-refractivity contribution in [3.8, 4) is 0 Å². The van der Waals surface area contributed by atoms with Crippen molar-refractivity contribution in [2.24, 2.45) is 0 Å². The average Bonchev–Trinajstić information content (AvgIpc) is 2.57. The lowest BCUT2D eigenvalue weighted by Crippen LogP contribution is -2.12. The summed E-state index contributed by atoms with van der Waals surface area (Å²) in [4.78, 5) is -0.256. The van der Waals surface area contributed by atoms with Crippen LogP contribution in [0.4, 0.5) is 13.2 Å². The van der Waals surface area contributed by atoms with Crippen molar-refractivity contribution < 1.29 is 21.6 Å². The fourth-order valence-corrected chi connectivity index (χ4v) is 3.62. The van der Waals surface area contributed by atoms with Crippen molar-refractivity contribution in [1.82, 2.24) is 5.32 Å². The number of nitrogens with one attached hydrogen (secondary N) is 1. The van der Waals surface area contributed by atoms with Gasteiger partial charge in [-0.3, -0.25) is 0 Å². The molecule has 2 rings (SSSR count). The van der Waals surface area contributed by atoms with Crippen molar-refractivity contribution in [1.29, 1.82) is 0 Å². The van der Waals surface area contributed by atoms with Gasteiger partial charge in [0.1, 0.15) is 0 Å². The van der Waals surface area contributed by atoms with Crippen molar-refractivity contribution >= 4 is 15.4 Å². The molecule has 0 saturated carbocycles. The van der Waals surface area contributed by atoms with Crippen LogP contribution in [0.1, 0.15) is 17.5 Å². The number of halogens is 3. The van der Waals surface area contributed by atoms with Gasteiger partial charge in [-0.05, 0) is 37.7 Å². The van der Waals surface area contributed by atoms with Gasteiger partial charge in [-0.25, -0.2) is 8.42 Å². The van der Waals surface area contributed by atoms with Crippen molar-refractivity contribution in [3.05, 3.63) is 34.7 Å². The minimum atomic E-state index is -4.57. The van der Waals surface area contributed by atoms with Crippen LogP contribution in [0.2, 0.25) is 0 Å². The molecular formula is C12H12F3NO2S. The van der Waals surface area contributed by atoms with Crippen LogP contribution in [0.15, 0.2) is 28.5 Å². The lowest BCUT2D eigenvalue weighted by molar-refractivity contribution is -0.137. The van der Waals surface area contributed by atoms with Crippen LogP contribution in [-0.2, 0) is 16.0 Å². The Morgan fingerprint density at radius 1 is 1.26 bits per heavy atom. The van der Waals surface area contributed by atoms with Crippen LogP contribution in [0.25, 0.3) is 5.57 Å². The predicted molar refractivity (Wildman–Crippen MR) is 65.2 cm³/mol. The Morgan fingerprint density at radius 3 is 2.53 bits per heavy atom. The van der Waals surface area contributed by atoms with Crippen molar-refractivity contribution in [2.45, 2.75) is 17.5 Å². The third kappa shape index (κ3) is 2.52. The number of hydrogen-bond acceptors (Lipinski definition) is 3. The molecule has 1 aliphatic heterocycles. The smallest absolute Gasteiger partial charge is 0.319 e. The van der Waals surface area contributed by atoms with E-state index in [4.69, 9.17) is 0 Å². The quantitative estimate of drug-likeness (QED) is 0.930. The van der Waals surface area contributed by atoms with Gasteiger partial charge in [0.15, 0.2) is 0 Å². The standard InChI is InChI=1S/C12H12F3NO2S/c1-16-6-5-8-7-19(17,18)10-4-2-3-9(11(8)10)12(13,14)15/h2-4,7,16H,5-6H2,1H3. The van der Waals surface area contributed by atoms with Crippen LogP contribution in [0, 0.1) is 0 Å². The molecule has 1 aliphatic rings. The highest BCUT2D eigenvalue weighted by molar-refractivity contribution is 7.95. The van der Waals surface area contributed by atoms with Gasteiger partial charge in [-0.2, -0.15) is 13.2 Å². The topological polar surface area (TPSA) is 46.2 Å². The number of sulfone groups is 1. The largest absolute Gasteiger partial charge is 0.417 e. The van der Waals surface area contributed by atoms with Gasteiger partial charge in [-0.15, -0.1) is 0 Å². The Hall–Kier alpha value is -1.34. The summed E-state index contributed by atoms with van der Waals surface area (Å²) in [6, 6.07) is 3.24. The first-order valence-electron chi connectivity index (χ1n) is 5.58. The van der Waals surface area contributed by atoms with Gasteiger partial charge in [0.05, 0.1) is 10.5 Å². The summed E-state index contributed by atoms with van der Waals surface area (Å²) in [7, 11) is -2.10. The molecule has 1 heterocycles. The Balaban J connectivity index is 2.63. The normalized spacial score (nSPS) is 17.2. The summed E-state index contributed by atoms with van der Waals surface area (Å²) in [5.74, 6) is 0. The molecule has 7 heteroatoms. The number of benzene rings is 1. The van der Waals surface area contributed by atoms with E-state index in [0.717, 1.165) is 17.5 Å².